The summed E-state index contributed by atoms with van der Waals surface area (Å²) in [5.41, 5.74) is 1.79. The van der Waals surface area contributed by atoms with Crippen LogP contribution in [0.25, 0.3) is 22.2 Å². The van der Waals surface area contributed by atoms with Gasteiger partial charge in [-0.15, -0.1) is 5.92 Å². The number of nitrogens with one attached hydrogen (secondary N) is 1. The van der Waals surface area contributed by atoms with Gasteiger partial charge in [0, 0.05) is 33.2 Å². The summed E-state index contributed by atoms with van der Waals surface area (Å²) in [6.45, 7) is 5.27. The summed E-state index contributed by atoms with van der Waals surface area (Å²) in [5, 5.41) is 3.75. The van der Waals surface area contributed by atoms with Crippen molar-refractivity contribution in [2.75, 3.05) is 31.1 Å². The standard InChI is InChI=1S/C21H21ClN8O2S/c1-3-4-7-29-17-18(24-20(29)28-8-5-23-6-9-28)27(2)21(32)30(19(17)31)12-13-10-14(22)16-15(11-13)25-33-26-16/h10-11,23H,5-9,12H2,1-2H3. The Labute approximate surface area is 197 Å². The van der Waals surface area contributed by atoms with Crippen LogP contribution in [0.5, 0.6) is 0 Å². The van der Waals surface area contributed by atoms with Crippen molar-refractivity contribution in [2.24, 2.45) is 7.05 Å². The summed E-state index contributed by atoms with van der Waals surface area (Å²) in [5.74, 6) is 6.58. The van der Waals surface area contributed by atoms with Crippen LogP contribution in [-0.2, 0) is 20.1 Å². The van der Waals surface area contributed by atoms with Crippen molar-refractivity contribution >= 4 is 51.5 Å². The predicted molar refractivity (Wildman–Crippen MR) is 129 cm³/mol. The van der Waals surface area contributed by atoms with Gasteiger partial charge in [0.05, 0.1) is 29.8 Å². The number of hydrogen-bond donors (Lipinski definition) is 1. The molecule has 1 aliphatic rings. The Morgan fingerprint density at radius 3 is 2.73 bits per heavy atom. The van der Waals surface area contributed by atoms with Gasteiger partial charge in [0.15, 0.2) is 11.2 Å². The van der Waals surface area contributed by atoms with E-state index in [-0.39, 0.29) is 6.54 Å². The van der Waals surface area contributed by atoms with Gasteiger partial charge < -0.3 is 10.2 Å². The summed E-state index contributed by atoms with van der Waals surface area (Å²) >= 11 is 7.41. The summed E-state index contributed by atoms with van der Waals surface area (Å²) in [6.07, 6.45) is 0. The molecule has 1 fully saturated rings. The molecule has 1 aliphatic heterocycles. The molecule has 0 aliphatic carbocycles. The van der Waals surface area contributed by atoms with Gasteiger partial charge in [0.1, 0.15) is 11.0 Å². The molecule has 33 heavy (non-hydrogen) atoms. The SMILES string of the molecule is CC#CCn1c(N2CCNCC2)nc2c1c(=O)n(Cc1cc(Cl)c3nsnc3c1)c(=O)n2C. The molecule has 4 heterocycles. The molecule has 170 valence electrons. The van der Waals surface area contributed by atoms with E-state index in [9.17, 15) is 9.59 Å². The highest BCUT2D eigenvalue weighted by Gasteiger charge is 2.24. The predicted octanol–water partition coefficient (Wildman–Crippen LogP) is 1.04. The monoisotopic (exact) mass is 484 g/mol. The number of benzene rings is 1. The molecule has 1 saturated heterocycles. The Bertz CT molecular complexity index is 1550. The molecule has 3 aromatic heterocycles. The highest BCUT2D eigenvalue weighted by Crippen LogP contribution is 2.24. The lowest BCUT2D eigenvalue weighted by Gasteiger charge is -2.28. The fourth-order valence-electron chi connectivity index (χ4n) is 4.09. The summed E-state index contributed by atoms with van der Waals surface area (Å²) < 4.78 is 12.8. The first-order chi connectivity index (χ1) is 16.0. The number of aromatic nitrogens is 6. The normalized spacial score (nSPS) is 14.1. The Morgan fingerprint density at radius 2 is 1.97 bits per heavy atom. The Balaban J connectivity index is 1.70. The molecule has 0 atom stereocenters. The van der Waals surface area contributed by atoms with Gasteiger partial charge in [-0.25, -0.2) is 4.79 Å². The molecule has 0 bridgehead atoms. The molecule has 4 aromatic rings. The van der Waals surface area contributed by atoms with Gasteiger partial charge >= 0.3 is 5.69 Å². The fraction of sp³-hybridized carbons (Fsp3) is 0.381. The maximum absolute atomic E-state index is 13.6. The van der Waals surface area contributed by atoms with Crippen LogP contribution in [0.2, 0.25) is 5.02 Å². The van der Waals surface area contributed by atoms with E-state index in [1.807, 2.05) is 4.57 Å². The number of anilines is 1. The van der Waals surface area contributed by atoms with Crippen molar-refractivity contribution < 1.29 is 0 Å². The van der Waals surface area contributed by atoms with Crippen molar-refractivity contribution in [1.82, 2.24) is 32.7 Å². The van der Waals surface area contributed by atoms with Crippen LogP contribution in [0.15, 0.2) is 21.7 Å². The minimum Gasteiger partial charge on any atom is -0.340 e. The molecule has 0 amide bonds. The van der Waals surface area contributed by atoms with E-state index in [1.54, 1.807) is 26.1 Å². The zero-order valence-electron chi connectivity index (χ0n) is 18.1. The molecule has 1 aromatic carbocycles. The first kappa shape index (κ1) is 21.6. The Kier molecular flexibility index (Phi) is 5.65. The molecule has 0 saturated carbocycles. The second-order valence-electron chi connectivity index (χ2n) is 7.78. The zero-order valence-corrected chi connectivity index (χ0v) is 19.7. The van der Waals surface area contributed by atoms with E-state index in [0.717, 1.165) is 37.9 Å². The van der Waals surface area contributed by atoms with E-state index < -0.39 is 11.2 Å². The number of halogens is 1. The third kappa shape index (κ3) is 3.70. The van der Waals surface area contributed by atoms with Gasteiger partial charge in [0.25, 0.3) is 5.56 Å². The lowest BCUT2D eigenvalue weighted by Crippen LogP contribution is -2.44. The number of aryl methyl sites for hydroxylation is 1. The van der Waals surface area contributed by atoms with E-state index >= 15 is 0 Å². The number of piperazine rings is 1. The highest BCUT2D eigenvalue weighted by molar-refractivity contribution is 7.00. The Morgan fingerprint density at radius 1 is 1.18 bits per heavy atom. The molecular formula is C21H21ClN8O2S. The largest absolute Gasteiger partial charge is 0.340 e. The lowest BCUT2D eigenvalue weighted by molar-refractivity contribution is 0.572. The molecule has 5 rings (SSSR count). The van der Waals surface area contributed by atoms with Gasteiger partial charge in [-0.2, -0.15) is 13.7 Å². The molecule has 0 unspecified atom stereocenters. The number of fused-ring (bicyclic) bond motifs is 2. The van der Waals surface area contributed by atoms with Crippen LogP contribution in [0.3, 0.4) is 0 Å². The Hall–Kier alpha value is -3.20. The van der Waals surface area contributed by atoms with Crippen molar-refractivity contribution in [1.29, 1.82) is 0 Å². The molecule has 0 radical (unpaired) electrons. The minimum absolute atomic E-state index is 0.0578. The molecule has 1 N–H and O–H groups in total. The first-order valence-electron chi connectivity index (χ1n) is 10.5. The average Bonchev–Trinajstić information content (AvgIpc) is 3.45. The number of hydrogen-bond acceptors (Lipinski definition) is 8. The third-order valence-corrected chi connectivity index (χ3v) is 6.57. The maximum Gasteiger partial charge on any atom is 0.332 e. The van der Waals surface area contributed by atoms with Crippen LogP contribution in [0.1, 0.15) is 12.5 Å². The van der Waals surface area contributed by atoms with E-state index in [0.29, 0.717) is 45.3 Å². The molecule has 10 nitrogen and oxygen atoms in total. The maximum atomic E-state index is 13.6. The summed E-state index contributed by atoms with van der Waals surface area (Å²) in [6, 6.07) is 3.51. The fourth-order valence-corrected chi connectivity index (χ4v) is 4.96. The van der Waals surface area contributed by atoms with Crippen LogP contribution >= 0.6 is 23.3 Å². The summed E-state index contributed by atoms with van der Waals surface area (Å²) in [7, 11) is 1.63. The molecule has 12 heteroatoms. The van der Waals surface area contributed by atoms with Crippen molar-refractivity contribution in [3.05, 3.63) is 43.6 Å². The van der Waals surface area contributed by atoms with Crippen LogP contribution in [0.4, 0.5) is 5.95 Å². The van der Waals surface area contributed by atoms with Crippen molar-refractivity contribution in [2.45, 2.75) is 20.0 Å². The lowest BCUT2D eigenvalue weighted by atomic mass is 10.2. The van der Waals surface area contributed by atoms with Crippen LogP contribution in [0, 0.1) is 11.8 Å². The topological polar surface area (TPSA) is 103 Å². The quantitative estimate of drug-likeness (QED) is 0.432. The smallest absolute Gasteiger partial charge is 0.332 e. The van der Waals surface area contributed by atoms with Crippen molar-refractivity contribution in [3.63, 3.8) is 0 Å². The van der Waals surface area contributed by atoms with Crippen LogP contribution < -0.4 is 21.5 Å². The summed E-state index contributed by atoms with van der Waals surface area (Å²) in [4.78, 5) is 33.6. The van der Waals surface area contributed by atoms with Crippen molar-refractivity contribution in [3.8, 4) is 11.8 Å². The minimum atomic E-state index is -0.446. The van der Waals surface area contributed by atoms with E-state index in [2.05, 4.69) is 30.8 Å². The van der Waals surface area contributed by atoms with Gasteiger partial charge in [0.2, 0.25) is 5.95 Å². The highest BCUT2D eigenvalue weighted by atomic mass is 35.5. The first-order valence-corrected chi connectivity index (χ1v) is 11.6. The second kappa shape index (κ2) is 8.62. The number of imidazole rings is 1. The second-order valence-corrected chi connectivity index (χ2v) is 8.71. The third-order valence-electron chi connectivity index (χ3n) is 5.74. The van der Waals surface area contributed by atoms with Crippen LogP contribution in [-0.4, -0.2) is 53.6 Å². The van der Waals surface area contributed by atoms with Gasteiger partial charge in [-0.05, 0) is 24.6 Å². The van der Waals surface area contributed by atoms with Gasteiger partial charge in [-0.3, -0.25) is 18.5 Å². The number of nitrogens with zero attached hydrogens (tertiary/aromatic N) is 7. The van der Waals surface area contributed by atoms with E-state index in [1.165, 1.54) is 9.13 Å². The average molecular weight is 485 g/mol. The number of rotatable bonds is 4. The zero-order chi connectivity index (χ0) is 23.1. The van der Waals surface area contributed by atoms with Gasteiger partial charge in [-0.1, -0.05) is 17.5 Å². The molecular weight excluding hydrogens is 464 g/mol. The van der Waals surface area contributed by atoms with E-state index in [4.69, 9.17) is 16.6 Å². The molecule has 0 spiro atoms.